The molecule has 0 aliphatic rings. The topological polar surface area (TPSA) is 0 Å². The van der Waals surface area contributed by atoms with Gasteiger partial charge < -0.3 is 2.85 Å². The molecule has 0 nitrogen and oxygen atoms in total. The van der Waals surface area contributed by atoms with Crippen molar-refractivity contribution in [2.24, 2.45) is 0 Å². The van der Waals surface area contributed by atoms with Crippen LogP contribution in [-0.2, 0) is 15.5 Å². The van der Waals surface area contributed by atoms with Crippen LogP contribution in [0.15, 0.2) is 0 Å². The maximum atomic E-state index is 9.79. The van der Waals surface area contributed by atoms with E-state index in [2.05, 4.69) is 0 Å². The number of rotatable bonds is 0. The van der Waals surface area contributed by atoms with Crippen LogP contribution < -0.4 is 0 Å². The summed E-state index contributed by atoms with van der Waals surface area (Å²) in [6.45, 7) is 0. The first-order valence-electron chi connectivity index (χ1n) is 0.463. The molecule has 0 rings (SSSR count). The van der Waals surface area contributed by atoms with Gasteiger partial charge in [-0.2, -0.15) is 0 Å². The van der Waals surface area contributed by atoms with Crippen LogP contribution in [0.1, 0.15) is 2.85 Å². The van der Waals surface area contributed by atoms with E-state index in [-0.39, 0.29) is 25.9 Å². The molecule has 0 aromatic heterocycles. The summed E-state index contributed by atoms with van der Waals surface area (Å²) < 4.78 is 29.4. The molecule has 0 bridgehead atoms. The van der Waals surface area contributed by atoms with Gasteiger partial charge in [-0.15, -0.1) is 0 Å². The van der Waals surface area contributed by atoms with Crippen LogP contribution in [0.2, 0.25) is 0 Å². The molecule has 0 atom stereocenters. The summed E-state index contributed by atoms with van der Waals surface area (Å²) in [6.07, 6.45) is 0. The van der Waals surface area contributed by atoms with Crippen LogP contribution in [0.4, 0.5) is 10.6 Å². The largest absolute Gasteiger partial charge is 2.00 e. The van der Waals surface area contributed by atoms with Gasteiger partial charge in [0.15, 0.2) is 0 Å². The smallest absolute Gasteiger partial charge is 1.00 e. The average Bonchev–Trinajstić information content (AvgIpc) is 0.811. The van der Waals surface area contributed by atoms with E-state index in [1.165, 1.54) is 0 Å². The second-order valence-corrected chi connectivity index (χ2v) is 0.721. The Morgan fingerprint density at radius 2 is 1.20 bits per heavy atom. The fourth-order valence-electron chi connectivity index (χ4n) is 0. The van der Waals surface area contributed by atoms with Crippen molar-refractivity contribution >= 4 is 23.1 Å². The SMILES string of the molecule is [F][Cr]([F])[F].[H-].[H-].[Mg+2]. The van der Waals surface area contributed by atoms with Crippen molar-refractivity contribution in [2.75, 3.05) is 0 Å². The molecule has 5 heavy (non-hydrogen) atoms. The Morgan fingerprint density at radius 1 is 1.20 bits per heavy atom. The van der Waals surface area contributed by atoms with Gasteiger partial charge in [0.2, 0.25) is 0 Å². The van der Waals surface area contributed by atoms with Gasteiger partial charge in [-0.1, -0.05) is 0 Å². The first-order valence-corrected chi connectivity index (χ1v) is 1.91. The van der Waals surface area contributed by atoms with Crippen molar-refractivity contribution in [2.45, 2.75) is 0 Å². The van der Waals surface area contributed by atoms with Gasteiger partial charge in [-0.25, -0.2) is 0 Å². The summed E-state index contributed by atoms with van der Waals surface area (Å²) in [7, 11) is 0. The molecular formula is H2CrF3Mg. The molecule has 0 heterocycles. The molecular weight excluding hydrogens is 133 g/mol. The van der Waals surface area contributed by atoms with Crippen LogP contribution in [-0.4, -0.2) is 23.1 Å². The van der Waals surface area contributed by atoms with Gasteiger partial charge in [0, 0.05) is 0 Å². The maximum Gasteiger partial charge on any atom is 2.00 e. The first kappa shape index (κ1) is 9.43. The summed E-state index contributed by atoms with van der Waals surface area (Å²) in [6, 6.07) is 0. The van der Waals surface area contributed by atoms with Crippen LogP contribution in [0.25, 0.3) is 0 Å². The third-order valence-electron chi connectivity index (χ3n) is 0. The third kappa shape index (κ3) is 41.0. The van der Waals surface area contributed by atoms with E-state index < -0.39 is 15.5 Å². The minimum absolute atomic E-state index is 0. The van der Waals surface area contributed by atoms with E-state index in [4.69, 9.17) is 0 Å². The predicted octanol–water partition coefficient (Wildman–Crippen LogP) is 1.10. The summed E-state index contributed by atoms with van der Waals surface area (Å²) in [4.78, 5) is 0. The monoisotopic (exact) mass is 135 g/mol. The van der Waals surface area contributed by atoms with E-state index in [1.807, 2.05) is 0 Å². The first-order chi connectivity index (χ1) is 1.73. The maximum absolute atomic E-state index is 9.79. The van der Waals surface area contributed by atoms with Gasteiger partial charge in [0.05, 0.1) is 0 Å². The van der Waals surface area contributed by atoms with Crippen LogP contribution in [0.5, 0.6) is 0 Å². The van der Waals surface area contributed by atoms with Gasteiger partial charge in [0.25, 0.3) is 0 Å². The molecule has 0 aliphatic carbocycles. The number of hydrogen-bond donors (Lipinski definition) is 0. The van der Waals surface area contributed by atoms with Crippen LogP contribution in [0, 0.1) is 0 Å². The number of halogens is 3. The summed E-state index contributed by atoms with van der Waals surface area (Å²) in [5.74, 6) is 0. The summed E-state index contributed by atoms with van der Waals surface area (Å²) in [5.41, 5.74) is 0. The van der Waals surface area contributed by atoms with Crippen molar-refractivity contribution < 1.29 is 29.0 Å². The minimum Gasteiger partial charge on any atom is -1.00 e. The van der Waals surface area contributed by atoms with Crippen molar-refractivity contribution in [3.8, 4) is 0 Å². The molecule has 5 heteroatoms. The average molecular weight is 135 g/mol. The Kier molecular flexibility index (Phi) is 9.60. The summed E-state index contributed by atoms with van der Waals surface area (Å²) >= 11 is -4.54. The molecule has 0 aliphatic heterocycles. The zero-order chi connectivity index (χ0) is 3.58. The quantitative estimate of drug-likeness (QED) is 0.436. The van der Waals surface area contributed by atoms with E-state index in [1.54, 1.807) is 0 Å². The van der Waals surface area contributed by atoms with E-state index >= 15 is 0 Å². The molecule has 0 amide bonds. The van der Waals surface area contributed by atoms with Gasteiger partial charge in [0.1, 0.15) is 0 Å². The second kappa shape index (κ2) is 5.09. The molecule has 31 valence electrons. The van der Waals surface area contributed by atoms with Gasteiger partial charge in [-0.3, -0.25) is 0 Å². The Bertz CT molecular complexity index is 17.7. The molecule has 0 aromatic rings. The fraction of sp³-hybridized carbons (Fsp3) is 0. The molecule has 0 saturated carbocycles. The Labute approximate surface area is 52.3 Å². The molecule has 0 spiro atoms. The molecule has 0 radical (unpaired) electrons. The fourth-order valence-corrected chi connectivity index (χ4v) is 0. The minimum atomic E-state index is -4.54. The molecule has 0 saturated heterocycles. The molecule has 0 aromatic carbocycles. The van der Waals surface area contributed by atoms with Crippen molar-refractivity contribution in [3.63, 3.8) is 0 Å². The normalized spacial score (nSPS) is 7.20. The standard InChI is InChI=1S/Cr.3FH.Mg.2H/h;3*1H;;;/q+3;;;;+2;2*-1/p-3. The van der Waals surface area contributed by atoms with E-state index in [0.29, 0.717) is 0 Å². The van der Waals surface area contributed by atoms with E-state index in [9.17, 15) is 10.6 Å². The molecule has 0 N–H and O–H groups in total. The van der Waals surface area contributed by atoms with Crippen molar-refractivity contribution in [3.05, 3.63) is 0 Å². The third-order valence-corrected chi connectivity index (χ3v) is 0. The predicted molar refractivity (Wildman–Crippen MR) is 11.3 cm³/mol. The zero-order valence-electron chi connectivity index (χ0n) is 4.25. The van der Waals surface area contributed by atoms with Crippen molar-refractivity contribution in [1.29, 1.82) is 0 Å². The molecule has 0 unspecified atom stereocenters. The Hall–Kier alpha value is 1.09. The van der Waals surface area contributed by atoms with Crippen LogP contribution >= 0.6 is 0 Å². The van der Waals surface area contributed by atoms with Gasteiger partial charge >= 0.3 is 49.2 Å². The zero-order valence-corrected chi connectivity index (χ0v) is 4.94. The van der Waals surface area contributed by atoms with Crippen molar-refractivity contribution in [1.82, 2.24) is 0 Å². The van der Waals surface area contributed by atoms with E-state index in [0.717, 1.165) is 0 Å². The molecule has 0 fully saturated rings. The number of hydrogen-bond acceptors (Lipinski definition) is 0. The summed E-state index contributed by atoms with van der Waals surface area (Å²) in [5, 5.41) is 0. The van der Waals surface area contributed by atoms with Gasteiger partial charge in [-0.05, 0) is 0 Å². The van der Waals surface area contributed by atoms with Crippen LogP contribution in [0.3, 0.4) is 0 Å². The Morgan fingerprint density at radius 3 is 1.20 bits per heavy atom. The Balaban J connectivity index is -0.0000000150. The second-order valence-electron chi connectivity index (χ2n) is 0.175.